The van der Waals surface area contributed by atoms with Crippen LogP contribution in [0.3, 0.4) is 0 Å². The molecule has 1 aromatic rings. The van der Waals surface area contributed by atoms with E-state index in [0.29, 0.717) is 25.1 Å². The smallest absolute Gasteiger partial charge is 0.338 e. The fourth-order valence-electron chi connectivity index (χ4n) is 4.09. The van der Waals surface area contributed by atoms with Crippen LogP contribution in [0.4, 0.5) is 4.39 Å². The molecule has 0 unspecified atom stereocenters. The number of rotatable bonds is 13. The second-order valence-corrected chi connectivity index (χ2v) is 9.41. The van der Waals surface area contributed by atoms with Crippen molar-refractivity contribution in [1.82, 2.24) is 4.90 Å². The molecule has 0 amide bonds. The van der Waals surface area contributed by atoms with Crippen LogP contribution in [0.5, 0.6) is 0 Å². The normalized spacial score (nSPS) is 16.2. The van der Waals surface area contributed by atoms with E-state index in [1.165, 1.54) is 7.11 Å². The number of methoxy groups -OCH3 is 1. The summed E-state index contributed by atoms with van der Waals surface area (Å²) >= 11 is 0. The zero-order chi connectivity index (χ0) is 26.7. The number of nitrogens with zero attached hydrogens (tertiary/aromatic N) is 2. The molecule has 1 saturated heterocycles. The Balaban J connectivity index is 2.04. The molecule has 0 aliphatic carbocycles. The molecule has 196 valence electrons. The monoisotopic (exact) mass is 496 g/mol. The quantitative estimate of drug-likeness (QED) is 0.0962. The van der Waals surface area contributed by atoms with Crippen LogP contribution >= 0.6 is 0 Å². The van der Waals surface area contributed by atoms with Crippen LogP contribution < -0.4 is 0 Å². The predicted octanol–water partition coefficient (Wildman–Crippen LogP) is 7.08. The van der Waals surface area contributed by atoms with Gasteiger partial charge in [-0.15, -0.1) is 0 Å². The van der Waals surface area contributed by atoms with E-state index in [9.17, 15) is 9.18 Å². The van der Waals surface area contributed by atoms with Gasteiger partial charge in [-0.2, -0.15) is 0 Å². The first-order chi connectivity index (χ1) is 17.2. The molecule has 5 nitrogen and oxygen atoms in total. The van der Waals surface area contributed by atoms with E-state index in [0.717, 1.165) is 52.9 Å². The first-order valence-electron chi connectivity index (χ1n) is 12.7. The molecule has 0 saturated carbocycles. The molecule has 0 bridgehead atoms. The molecule has 1 fully saturated rings. The number of likely N-dealkylation sites (tertiary alicyclic amines) is 1. The van der Waals surface area contributed by atoms with Gasteiger partial charge in [0.05, 0.1) is 31.5 Å². The minimum absolute atomic E-state index is 0.234. The third kappa shape index (κ3) is 7.94. The Morgan fingerprint density at radius 1 is 1.25 bits per heavy atom. The minimum Gasteiger partial charge on any atom is -0.465 e. The van der Waals surface area contributed by atoms with Gasteiger partial charge >= 0.3 is 5.97 Å². The number of aryl methyl sites for hydroxylation is 1. The fraction of sp³-hybridized carbons (Fsp3) is 0.467. The van der Waals surface area contributed by atoms with Crippen molar-refractivity contribution in [2.24, 2.45) is 5.16 Å². The SMILES string of the molecule is C=C(\C=C/C=C(C)/C(C)=N/OCc1c(C)cccc1/C(=C/CCC)C(=O)OC)N1CC(F)(CCC)C1. The lowest BCUT2D eigenvalue weighted by Crippen LogP contribution is -2.57. The topological polar surface area (TPSA) is 51.1 Å². The van der Waals surface area contributed by atoms with E-state index in [1.54, 1.807) is 0 Å². The van der Waals surface area contributed by atoms with Gasteiger partial charge < -0.3 is 14.5 Å². The van der Waals surface area contributed by atoms with Crippen LogP contribution in [-0.2, 0) is 21.0 Å². The summed E-state index contributed by atoms with van der Waals surface area (Å²) in [7, 11) is 1.39. The Bertz CT molecular complexity index is 1050. The van der Waals surface area contributed by atoms with Crippen LogP contribution in [0.2, 0.25) is 0 Å². The van der Waals surface area contributed by atoms with Crippen LogP contribution in [0, 0.1) is 6.92 Å². The molecule has 0 N–H and O–H groups in total. The van der Waals surface area contributed by atoms with Gasteiger partial charge in [-0.3, -0.25) is 0 Å². The van der Waals surface area contributed by atoms with Gasteiger partial charge in [-0.05, 0) is 56.4 Å². The Hall–Kier alpha value is -3.15. The first kappa shape index (κ1) is 29.1. The van der Waals surface area contributed by atoms with Crippen LogP contribution in [0.1, 0.15) is 70.1 Å². The van der Waals surface area contributed by atoms with Gasteiger partial charge in [0.2, 0.25) is 0 Å². The summed E-state index contributed by atoms with van der Waals surface area (Å²) in [6.07, 6.45) is 10.8. The zero-order valence-corrected chi connectivity index (χ0v) is 22.7. The summed E-state index contributed by atoms with van der Waals surface area (Å²) in [6.45, 7) is 15.0. The number of hydrogen-bond acceptors (Lipinski definition) is 5. The molecule has 2 rings (SSSR count). The van der Waals surface area contributed by atoms with E-state index in [2.05, 4.69) is 18.7 Å². The molecule has 36 heavy (non-hydrogen) atoms. The lowest BCUT2D eigenvalue weighted by Gasteiger charge is -2.46. The van der Waals surface area contributed by atoms with Gasteiger partial charge in [0, 0.05) is 11.3 Å². The molecule has 0 atom stereocenters. The van der Waals surface area contributed by atoms with Crippen molar-refractivity contribution in [3.05, 3.63) is 77.0 Å². The number of allylic oxidation sites excluding steroid dienone is 5. The van der Waals surface area contributed by atoms with Gasteiger partial charge in [-0.1, -0.05) is 74.9 Å². The zero-order valence-electron chi connectivity index (χ0n) is 22.7. The van der Waals surface area contributed by atoms with Crippen LogP contribution in [0.15, 0.2) is 65.5 Å². The Kier molecular flexibility index (Phi) is 11.2. The minimum atomic E-state index is -1.07. The lowest BCUT2D eigenvalue weighted by molar-refractivity contribution is -0.133. The molecule has 6 heteroatoms. The highest BCUT2D eigenvalue weighted by Crippen LogP contribution is 2.32. The molecule has 1 aromatic carbocycles. The van der Waals surface area contributed by atoms with Crippen molar-refractivity contribution >= 4 is 17.3 Å². The summed E-state index contributed by atoms with van der Waals surface area (Å²) in [4.78, 5) is 20.1. The Labute approximate surface area is 216 Å². The van der Waals surface area contributed by atoms with Crippen molar-refractivity contribution in [2.75, 3.05) is 20.2 Å². The molecular formula is C30H41FN2O3. The van der Waals surface area contributed by atoms with Crippen molar-refractivity contribution in [2.45, 2.75) is 72.6 Å². The summed E-state index contributed by atoms with van der Waals surface area (Å²) in [5.41, 5.74) is 4.69. The molecule has 1 aliphatic rings. The number of carbonyl (C=O) groups is 1. The van der Waals surface area contributed by atoms with Gasteiger partial charge in [0.15, 0.2) is 0 Å². The van der Waals surface area contributed by atoms with Crippen molar-refractivity contribution in [1.29, 1.82) is 0 Å². The molecule has 1 heterocycles. The summed E-state index contributed by atoms with van der Waals surface area (Å²) < 4.78 is 19.4. The second kappa shape index (κ2) is 13.8. The maximum absolute atomic E-state index is 14.3. The van der Waals surface area contributed by atoms with E-state index in [1.807, 2.05) is 75.1 Å². The number of halogens is 1. The highest BCUT2D eigenvalue weighted by molar-refractivity contribution is 6.16. The molecule has 0 radical (unpaired) electrons. The summed E-state index contributed by atoms with van der Waals surface area (Å²) in [5, 5.41) is 4.28. The largest absolute Gasteiger partial charge is 0.465 e. The van der Waals surface area contributed by atoms with E-state index in [4.69, 9.17) is 9.57 Å². The average Bonchev–Trinajstić information content (AvgIpc) is 2.83. The predicted molar refractivity (Wildman–Crippen MR) is 146 cm³/mol. The summed E-state index contributed by atoms with van der Waals surface area (Å²) in [6, 6.07) is 5.83. The Morgan fingerprint density at radius 2 is 1.97 bits per heavy atom. The van der Waals surface area contributed by atoms with Crippen molar-refractivity contribution in [3.8, 4) is 0 Å². The van der Waals surface area contributed by atoms with E-state index >= 15 is 0 Å². The Morgan fingerprint density at radius 3 is 2.61 bits per heavy atom. The van der Waals surface area contributed by atoms with Crippen molar-refractivity contribution in [3.63, 3.8) is 0 Å². The number of oxime groups is 1. The number of esters is 1. The van der Waals surface area contributed by atoms with Crippen LogP contribution in [0.25, 0.3) is 5.57 Å². The highest BCUT2D eigenvalue weighted by Gasteiger charge is 2.42. The second-order valence-electron chi connectivity index (χ2n) is 9.41. The molecule has 0 aromatic heterocycles. The standard InChI is InChI=1S/C30H41FN2O3/c1-8-10-16-27(29(34)35-7)26-17-12-14-23(4)28(26)19-36-32-25(6)22(3)13-11-15-24(5)33-20-30(31,21-33)18-9-2/h11-17H,5,8-10,18-21H2,1-4,6-7H3/b15-11-,22-13+,27-16-,32-25+. The van der Waals surface area contributed by atoms with Gasteiger partial charge in [-0.25, -0.2) is 9.18 Å². The number of hydrogen-bond donors (Lipinski definition) is 0. The number of benzene rings is 1. The van der Waals surface area contributed by atoms with E-state index < -0.39 is 5.67 Å². The average molecular weight is 497 g/mol. The van der Waals surface area contributed by atoms with Gasteiger partial charge in [0.25, 0.3) is 0 Å². The number of ether oxygens (including phenoxy) is 1. The molecule has 1 aliphatic heterocycles. The summed E-state index contributed by atoms with van der Waals surface area (Å²) in [5.74, 6) is -0.358. The molecular weight excluding hydrogens is 455 g/mol. The highest BCUT2D eigenvalue weighted by atomic mass is 19.1. The lowest BCUT2D eigenvalue weighted by atomic mass is 9.91. The van der Waals surface area contributed by atoms with Gasteiger partial charge in [0.1, 0.15) is 12.3 Å². The number of alkyl halides is 1. The first-order valence-corrected chi connectivity index (χ1v) is 12.7. The van der Waals surface area contributed by atoms with Crippen LogP contribution in [-0.4, -0.2) is 42.4 Å². The third-order valence-corrected chi connectivity index (χ3v) is 6.41. The fourth-order valence-corrected chi connectivity index (χ4v) is 4.09. The molecule has 0 spiro atoms. The van der Waals surface area contributed by atoms with Crippen molar-refractivity contribution < 1.29 is 18.8 Å². The number of unbranched alkanes of at least 4 members (excludes halogenated alkanes) is 1. The number of carbonyl (C=O) groups excluding carboxylic acids is 1. The maximum atomic E-state index is 14.3. The van der Waals surface area contributed by atoms with E-state index in [-0.39, 0.29) is 12.6 Å². The maximum Gasteiger partial charge on any atom is 0.338 e. The third-order valence-electron chi connectivity index (χ3n) is 6.41.